The molecule has 1 aliphatic carbocycles. The van der Waals surface area contributed by atoms with E-state index in [-0.39, 0.29) is 21.7 Å². The van der Waals surface area contributed by atoms with Gasteiger partial charge in [0.05, 0.1) is 45.2 Å². The Morgan fingerprint density at radius 1 is 0.317 bits per heavy atom. The van der Waals surface area contributed by atoms with Gasteiger partial charge in [-0.1, -0.05) is 195 Å². The van der Waals surface area contributed by atoms with Gasteiger partial charge in [-0.25, -0.2) is 0 Å². The van der Waals surface area contributed by atoms with Crippen LogP contribution in [0.3, 0.4) is 0 Å². The van der Waals surface area contributed by atoms with Gasteiger partial charge in [0.2, 0.25) is 0 Å². The van der Waals surface area contributed by atoms with Gasteiger partial charge in [0.15, 0.2) is 0 Å². The lowest BCUT2D eigenvalue weighted by molar-refractivity contribution is 0.597. The summed E-state index contributed by atoms with van der Waals surface area (Å²) in [4.78, 5) is 5.17. The third-order valence-electron chi connectivity index (χ3n) is 19.7. The molecule has 396 valence electrons. The van der Waals surface area contributed by atoms with Crippen LogP contribution in [0.1, 0.15) is 112 Å². The maximum Gasteiger partial charge on any atom is 0.0544 e. The number of fused-ring (bicyclic) bond motifs is 11. The standard InChI is InChI=1S/C79H65N3/c1-76(2)60-29-19-21-31-70(60)81-71-32-22-20-30-61(71)77(3,4)65-46-55(45-64(76)74(65)81)51-33-37-68-58(41-51)59-42-52(34-38-69(59)80(68)57-27-17-12-18-28-57)56-47-66-75-67(48-56)79(7,8)63-44-54(50-25-15-11-16-26-50)36-40-73(63)82(75)72-39-35-53(43-62(72)78(66,5)6)49-23-13-9-10-14-24-49/h9,11-48H,10H2,1-8H3. The van der Waals surface area contributed by atoms with Crippen molar-refractivity contribution in [3.05, 3.63) is 287 Å². The molecule has 4 aliphatic heterocycles. The van der Waals surface area contributed by atoms with Gasteiger partial charge in [-0.2, -0.15) is 0 Å². The zero-order valence-corrected chi connectivity index (χ0v) is 48.1. The van der Waals surface area contributed by atoms with Gasteiger partial charge in [-0.3, -0.25) is 0 Å². The first-order valence-corrected chi connectivity index (χ1v) is 29.4. The number of aromatic nitrogens is 1. The number of hydrogen-bond donors (Lipinski definition) is 0. The molecule has 0 bridgehead atoms. The van der Waals surface area contributed by atoms with Gasteiger partial charge >= 0.3 is 0 Å². The summed E-state index contributed by atoms with van der Waals surface area (Å²) in [6.45, 7) is 19.5. The Balaban J connectivity index is 0.913. The second-order valence-corrected chi connectivity index (χ2v) is 25.7. The summed E-state index contributed by atoms with van der Waals surface area (Å²) in [6.07, 6.45) is 12.2. The number of rotatable bonds is 5. The number of allylic oxidation sites excluding steroid dienone is 6. The number of hydrogen-bond acceptors (Lipinski definition) is 2. The minimum atomic E-state index is -0.328. The number of benzene rings is 10. The lowest BCUT2D eigenvalue weighted by Crippen LogP contribution is -2.38. The van der Waals surface area contributed by atoms with E-state index in [1.165, 1.54) is 145 Å². The van der Waals surface area contributed by atoms with Crippen molar-refractivity contribution in [3.63, 3.8) is 0 Å². The number of anilines is 6. The van der Waals surface area contributed by atoms with Crippen LogP contribution in [0, 0.1) is 0 Å². The van der Waals surface area contributed by atoms with Crippen molar-refractivity contribution in [2.75, 3.05) is 9.80 Å². The monoisotopic (exact) mass is 1060 g/mol. The fraction of sp³-hybridized carbons (Fsp3) is 0.165. The molecule has 0 saturated heterocycles. The molecule has 16 rings (SSSR count). The Bertz CT molecular complexity index is 4570. The summed E-state index contributed by atoms with van der Waals surface area (Å²) in [5.41, 5.74) is 30.8. The summed E-state index contributed by atoms with van der Waals surface area (Å²) in [5.74, 6) is 0. The van der Waals surface area contributed by atoms with Crippen molar-refractivity contribution in [2.24, 2.45) is 0 Å². The molecule has 10 aromatic carbocycles. The van der Waals surface area contributed by atoms with Crippen LogP contribution in [0.15, 0.2) is 237 Å². The van der Waals surface area contributed by atoms with Crippen LogP contribution >= 0.6 is 0 Å². The van der Waals surface area contributed by atoms with Crippen LogP contribution in [-0.2, 0) is 21.7 Å². The summed E-state index contributed by atoms with van der Waals surface area (Å²) in [5, 5.41) is 2.48. The van der Waals surface area contributed by atoms with E-state index in [9.17, 15) is 0 Å². The van der Waals surface area contributed by atoms with Crippen LogP contribution in [0.4, 0.5) is 34.1 Å². The zero-order chi connectivity index (χ0) is 55.6. The highest BCUT2D eigenvalue weighted by Gasteiger charge is 2.48. The largest absolute Gasteiger partial charge is 0.309 e. The smallest absolute Gasteiger partial charge is 0.0544 e. The van der Waals surface area contributed by atoms with E-state index in [2.05, 4.69) is 306 Å². The molecule has 5 heterocycles. The highest BCUT2D eigenvalue weighted by Crippen LogP contribution is 2.63. The molecule has 0 amide bonds. The number of nitrogens with zero attached hydrogens (tertiary/aromatic N) is 3. The molecule has 0 atom stereocenters. The molecule has 5 aliphatic rings. The molecule has 0 fully saturated rings. The van der Waals surface area contributed by atoms with E-state index < -0.39 is 0 Å². The SMILES string of the molecule is CC1(C)c2ccccc2N2c3ccccc3C(C)(C)c3cc(-c4ccc5c(c4)c4cc(-c6cc7c8c(c6)C(C)(C)c6cc(-c9ccccc9)ccc6N8c6ccc(C8=CC=CCC=C8)cc6C7(C)C)ccc4n5-c4ccccc4)cc1c32. The third-order valence-corrected chi connectivity index (χ3v) is 19.7. The first kappa shape index (κ1) is 48.7. The summed E-state index contributed by atoms with van der Waals surface area (Å²) in [6, 6.07) is 78.9. The third kappa shape index (κ3) is 6.77. The van der Waals surface area contributed by atoms with Crippen molar-refractivity contribution in [1.82, 2.24) is 4.57 Å². The van der Waals surface area contributed by atoms with E-state index in [4.69, 9.17) is 0 Å². The quantitative estimate of drug-likeness (QED) is 0.170. The summed E-state index contributed by atoms with van der Waals surface area (Å²) in [7, 11) is 0. The van der Waals surface area contributed by atoms with Crippen LogP contribution < -0.4 is 9.80 Å². The van der Waals surface area contributed by atoms with E-state index in [1.807, 2.05) is 0 Å². The second-order valence-electron chi connectivity index (χ2n) is 25.7. The van der Waals surface area contributed by atoms with Gasteiger partial charge in [0, 0.05) is 38.1 Å². The molecular formula is C79H65N3. The number of para-hydroxylation sites is 3. The molecule has 3 nitrogen and oxygen atoms in total. The average molecular weight is 1060 g/mol. The van der Waals surface area contributed by atoms with Gasteiger partial charge in [0.25, 0.3) is 0 Å². The molecule has 0 N–H and O–H groups in total. The van der Waals surface area contributed by atoms with E-state index in [0.29, 0.717) is 0 Å². The Morgan fingerprint density at radius 3 is 1.24 bits per heavy atom. The Morgan fingerprint density at radius 2 is 0.720 bits per heavy atom. The van der Waals surface area contributed by atoms with E-state index in [1.54, 1.807) is 0 Å². The lowest BCUT2D eigenvalue weighted by Gasteiger charge is -2.50. The van der Waals surface area contributed by atoms with Gasteiger partial charge in [0.1, 0.15) is 0 Å². The molecule has 0 unspecified atom stereocenters. The van der Waals surface area contributed by atoms with E-state index in [0.717, 1.165) is 12.1 Å². The molecule has 1 aromatic heterocycles. The highest BCUT2D eigenvalue weighted by molar-refractivity contribution is 6.12. The van der Waals surface area contributed by atoms with Crippen molar-refractivity contribution < 1.29 is 0 Å². The van der Waals surface area contributed by atoms with Crippen molar-refractivity contribution in [1.29, 1.82) is 0 Å². The average Bonchev–Trinajstić information content (AvgIpc) is 3.79. The molecule has 0 saturated carbocycles. The Labute approximate surface area is 482 Å². The lowest BCUT2D eigenvalue weighted by atomic mass is 9.65. The minimum Gasteiger partial charge on any atom is -0.309 e. The first-order valence-electron chi connectivity index (χ1n) is 29.4. The van der Waals surface area contributed by atoms with Crippen molar-refractivity contribution >= 4 is 61.5 Å². The van der Waals surface area contributed by atoms with Crippen LogP contribution in [0.5, 0.6) is 0 Å². The highest BCUT2D eigenvalue weighted by atomic mass is 15.2. The van der Waals surface area contributed by atoms with Gasteiger partial charge < -0.3 is 14.4 Å². The molecule has 11 aromatic rings. The van der Waals surface area contributed by atoms with Gasteiger partial charge in [-0.15, -0.1) is 0 Å². The van der Waals surface area contributed by atoms with Gasteiger partial charge in [-0.05, 0) is 193 Å². The molecular weight excluding hydrogens is 991 g/mol. The molecule has 0 radical (unpaired) electrons. The molecule has 82 heavy (non-hydrogen) atoms. The van der Waals surface area contributed by atoms with E-state index >= 15 is 0 Å². The maximum absolute atomic E-state index is 2.61. The predicted molar refractivity (Wildman–Crippen MR) is 346 cm³/mol. The minimum absolute atomic E-state index is 0.232. The normalized spacial score (nSPS) is 16.8. The first-order chi connectivity index (χ1) is 39.7. The van der Waals surface area contributed by atoms with Crippen LogP contribution in [-0.4, -0.2) is 4.57 Å². The topological polar surface area (TPSA) is 11.4 Å². The van der Waals surface area contributed by atoms with Crippen molar-refractivity contribution in [3.8, 4) is 39.1 Å². The second kappa shape index (κ2) is 17.2. The Hall–Kier alpha value is -9.18. The molecule has 3 heteroatoms. The van der Waals surface area contributed by atoms with Crippen molar-refractivity contribution in [2.45, 2.75) is 83.5 Å². The zero-order valence-electron chi connectivity index (χ0n) is 48.1. The Kier molecular flexibility index (Phi) is 10.2. The predicted octanol–water partition coefficient (Wildman–Crippen LogP) is 21.2. The van der Waals surface area contributed by atoms with Crippen LogP contribution in [0.2, 0.25) is 0 Å². The molecule has 0 spiro atoms. The van der Waals surface area contributed by atoms with Crippen LogP contribution in [0.25, 0.3) is 66.4 Å². The fourth-order valence-electron chi connectivity index (χ4n) is 15.2. The summed E-state index contributed by atoms with van der Waals surface area (Å²) >= 11 is 0. The fourth-order valence-corrected chi connectivity index (χ4v) is 15.2. The maximum atomic E-state index is 2.61. The summed E-state index contributed by atoms with van der Waals surface area (Å²) < 4.78 is 2.47.